The Hall–Kier alpha value is -3.51. The van der Waals surface area contributed by atoms with Gasteiger partial charge in [0.1, 0.15) is 11.5 Å². The smallest absolute Gasteiger partial charge is 0.322 e. The van der Waals surface area contributed by atoms with Crippen molar-refractivity contribution in [1.29, 1.82) is 0 Å². The van der Waals surface area contributed by atoms with Crippen molar-refractivity contribution in [3.8, 4) is 11.5 Å². The molecule has 1 saturated heterocycles. The normalized spacial score (nSPS) is 14.1. The van der Waals surface area contributed by atoms with E-state index in [0.29, 0.717) is 28.1 Å². The first-order valence-corrected chi connectivity index (χ1v) is 13.9. The summed E-state index contributed by atoms with van der Waals surface area (Å²) < 4.78 is 6.04. The molecule has 7 heteroatoms. The molecule has 0 aliphatic carbocycles. The van der Waals surface area contributed by atoms with Gasteiger partial charge in [0.2, 0.25) is 0 Å². The molecule has 1 aliphatic heterocycles. The lowest BCUT2D eigenvalue weighted by Gasteiger charge is -2.38. The molecule has 0 spiro atoms. The number of urea groups is 1. The number of rotatable bonds is 8. The van der Waals surface area contributed by atoms with Gasteiger partial charge in [-0.15, -0.1) is 0 Å². The molecule has 0 aromatic heterocycles. The molecule has 5 nitrogen and oxygen atoms in total. The lowest BCUT2D eigenvalue weighted by atomic mass is 10.0. The van der Waals surface area contributed by atoms with Gasteiger partial charge in [0.15, 0.2) is 0 Å². The average Bonchev–Trinajstić information content (AvgIpc) is 2.95. The summed E-state index contributed by atoms with van der Waals surface area (Å²) in [6, 6.07) is 32.9. The Morgan fingerprint density at radius 3 is 2.13 bits per heavy atom. The number of hydrogen-bond donors (Lipinski definition) is 1. The van der Waals surface area contributed by atoms with Gasteiger partial charge in [0.25, 0.3) is 0 Å². The Kier molecular flexibility index (Phi) is 9.04. The van der Waals surface area contributed by atoms with Gasteiger partial charge in [-0.05, 0) is 84.6 Å². The second kappa shape index (κ2) is 13.0. The molecule has 0 saturated carbocycles. The highest BCUT2D eigenvalue weighted by Gasteiger charge is 2.28. The number of hydrogen-bond acceptors (Lipinski definition) is 3. The number of amides is 2. The van der Waals surface area contributed by atoms with Gasteiger partial charge < -0.3 is 15.0 Å². The SMILES string of the molecule is O=C(Nc1ccc(Cl)cc1)N(Cc1cccc(Oc2ccc(Cl)cc2)c1)C1CCN(Cc2ccccc2)CC1. The third-order valence-corrected chi connectivity index (χ3v) is 7.41. The fourth-order valence-corrected chi connectivity index (χ4v) is 5.12. The van der Waals surface area contributed by atoms with Gasteiger partial charge in [-0.25, -0.2) is 4.79 Å². The largest absolute Gasteiger partial charge is 0.457 e. The molecule has 0 bridgehead atoms. The van der Waals surface area contributed by atoms with Crippen LogP contribution in [0.1, 0.15) is 24.0 Å². The van der Waals surface area contributed by atoms with E-state index in [0.717, 1.165) is 43.7 Å². The minimum Gasteiger partial charge on any atom is -0.457 e. The van der Waals surface area contributed by atoms with E-state index in [9.17, 15) is 4.79 Å². The van der Waals surface area contributed by atoms with Gasteiger partial charge in [-0.1, -0.05) is 65.7 Å². The Bertz CT molecular complexity index is 1360. The number of halogens is 2. The van der Waals surface area contributed by atoms with Crippen molar-refractivity contribution in [1.82, 2.24) is 9.80 Å². The quantitative estimate of drug-likeness (QED) is 0.235. The second-order valence-electron chi connectivity index (χ2n) is 9.76. The summed E-state index contributed by atoms with van der Waals surface area (Å²) in [6.45, 7) is 3.27. The van der Waals surface area contributed by atoms with E-state index >= 15 is 0 Å². The van der Waals surface area contributed by atoms with E-state index < -0.39 is 0 Å². The lowest BCUT2D eigenvalue weighted by molar-refractivity contribution is 0.120. The number of benzene rings is 4. The number of carbonyl (C=O) groups is 1. The van der Waals surface area contributed by atoms with Crippen LogP contribution in [-0.4, -0.2) is 35.0 Å². The number of nitrogens with zero attached hydrogens (tertiary/aromatic N) is 2. The first-order chi connectivity index (χ1) is 19.0. The number of nitrogens with one attached hydrogen (secondary N) is 1. The fraction of sp³-hybridized carbons (Fsp3) is 0.219. The summed E-state index contributed by atoms with van der Waals surface area (Å²) >= 11 is 12.1. The summed E-state index contributed by atoms with van der Waals surface area (Å²) in [7, 11) is 0. The molecule has 1 heterocycles. The number of anilines is 1. The van der Waals surface area contributed by atoms with E-state index in [2.05, 4.69) is 34.5 Å². The zero-order valence-electron chi connectivity index (χ0n) is 21.6. The molecule has 0 unspecified atom stereocenters. The van der Waals surface area contributed by atoms with Crippen molar-refractivity contribution in [3.05, 3.63) is 124 Å². The van der Waals surface area contributed by atoms with Crippen LogP contribution in [-0.2, 0) is 13.1 Å². The zero-order chi connectivity index (χ0) is 27.0. The van der Waals surface area contributed by atoms with Gasteiger partial charge in [-0.2, -0.15) is 0 Å². The fourth-order valence-electron chi connectivity index (χ4n) is 4.87. The Morgan fingerprint density at radius 2 is 1.44 bits per heavy atom. The van der Waals surface area contributed by atoms with Crippen LogP contribution in [0.2, 0.25) is 10.0 Å². The van der Waals surface area contributed by atoms with Crippen molar-refractivity contribution in [2.75, 3.05) is 18.4 Å². The van der Waals surface area contributed by atoms with Gasteiger partial charge in [-0.3, -0.25) is 4.90 Å². The summed E-state index contributed by atoms with van der Waals surface area (Å²) in [5.41, 5.74) is 3.03. The standard InChI is InChI=1S/C32H31Cl2N3O2/c33-26-9-13-28(14-10-26)35-32(38)37(29-17-19-36(20-18-29)22-24-5-2-1-3-6-24)23-25-7-4-8-31(21-25)39-30-15-11-27(34)12-16-30/h1-16,21,29H,17-20,22-23H2,(H,35,38). The first-order valence-electron chi connectivity index (χ1n) is 13.1. The Balaban J connectivity index is 1.29. The second-order valence-corrected chi connectivity index (χ2v) is 10.6. The van der Waals surface area contributed by atoms with Gasteiger partial charge in [0, 0.05) is 48.0 Å². The van der Waals surface area contributed by atoms with E-state index in [1.807, 2.05) is 59.5 Å². The maximum Gasteiger partial charge on any atom is 0.322 e. The predicted octanol–water partition coefficient (Wildman–Crippen LogP) is 8.48. The number of piperidine rings is 1. The topological polar surface area (TPSA) is 44.8 Å². The maximum atomic E-state index is 13.6. The molecule has 0 radical (unpaired) electrons. The molecule has 5 rings (SSSR count). The zero-order valence-corrected chi connectivity index (χ0v) is 23.1. The highest BCUT2D eigenvalue weighted by atomic mass is 35.5. The van der Waals surface area contributed by atoms with E-state index in [1.165, 1.54) is 5.56 Å². The summed E-state index contributed by atoms with van der Waals surface area (Å²) in [4.78, 5) is 18.0. The van der Waals surface area contributed by atoms with Crippen LogP contribution in [0, 0.1) is 0 Å². The first kappa shape index (κ1) is 27.1. The third-order valence-electron chi connectivity index (χ3n) is 6.90. The lowest BCUT2D eigenvalue weighted by Crippen LogP contribution is -2.48. The minimum atomic E-state index is -0.122. The average molecular weight is 561 g/mol. The van der Waals surface area contributed by atoms with E-state index in [1.54, 1.807) is 24.3 Å². The van der Waals surface area contributed by atoms with E-state index in [4.69, 9.17) is 27.9 Å². The van der Waals surface area contributed by atoms with Gasteiger partial charge in [0.05, 0.1) is 0 Å². The van der Waals surface area contributed by atoms with Crippen LogP contribution in [0.15, 0.2) is 103 Å². The molecule has 2 amide bonds. The highest BCUT2D eigenvalue weighted by molar-refractivity contribution is 6.30. The molecule has 39 heavy (non-hydrogen) atoms. The molecular formula is C32H31Cl2N3O2. The van der Waals surface area contributed by atoms with Gasteiger partial charge >= 0.3 is 6.03 Å². The van der Waals surface area contributed by atoms with Crippen LogP contribution in [0.25, 0.3) is 0 Å². The van der Waals surface area contributed by atoms with Crippen molar-refractivity contribution >= 4 is 34.9 Å². The molecule has 1 fully saturated rings. The molecule has 1 N–H and O–H groups in total. The van der Waals surface area contributed by atoms with Crippen molar-refractivity contribution in [2.24, 2.45) is 0 Å². The molecule has 4 aromatic carbocycles. The third kappa shape index (κ3) is 7.76. The minimum absolute atomic E-state index is 0.116. The van der Waals surface area contributed by atoms with Crippen LogP contribution in [0.4, 0.5) is 10.5 Å². The van der Waals surface area contributed by atoms with Crippen LogP contribution in [0.3, 0.4) is 0 Å². The van der Waals surface area contributed by atoms with Crippen molar-refractivity contribution in [3.63, 3.8) is 0 Å². The number of likely N-dealkylation sites (tertiary alicyclic amines) is 1. The number of carbonyl (C=O) groups excluding carboxylic acids is 1. The van der Waals surface area contributed by atoms with Crippen LogP contribution < -0.4 is 10.1 Å². The van der Waals surface area contributed by atoms with Crippen LogP contribution >= 0.6 is 23.2 Å². The number of ether oxygens (including phenoxy) is 1. The summed E-state index contributed by atoms with van der Waals surface area (Å²) in [6.07, 6.45) is 1.81. The molecule has 4 aromatic rings. The molecule has 200 valence electrons. The van der Waals surface area contributed by atoms with Crippen molar-refractivity contribution in [2.45, 2.75) is 32.0 Å². The molecule has 0 atom stereocenters. The van der Waals surface area contributed by atoms with Crippen molar-refractivity contribution < 1.29 is 9.53 Å². The predicted molar refractivity (Wildman–Crippen MR) is 159 cm³/mol. The molecule has 1 aliphatic rings. The van der Waals surface area contributed by atoms with E-state index in [-0.39, 0.29) is 12.1 Å². The Morgan fingerprint density at radius 1 is 0.795 bits per heavy atom. The highest BCUT2D eigenvalue weighted by Crippen LogP contribution is 2.27. The van der Waals surface area contributed by atoms with Crippen LogP contribution in [0.5, 0.6) is 11.5 Å². The molecular weight excluding hydrogens is 529 g/mol. The summed E-state index contributed by atoms with van der Waals surface area (Å²) in [5, 5.41) is 4.36. The monoisotopic (exact) mass is 559 g/mol. The Labute approximate surface area is 239 Å². The maximum absolute atomic E-state index is 13.6. The summed E-state index contributed by atoms with van der Waals surface area (Å²) in [5.74, 6) is 1.42.